The predicted molar refractivity (Wildman–Crippen MR) is 230 cm³/mol. The number of rotatable bonds is 6. The van der Waals surface area contributed by atoms with Crippen molar-refractivity contribution >= 4 is 49.4 Å². The number of hydrogen-bond acceptors (Lipinski definition) is 4. The summed E-state index contributed by atoms with van der Waals surface area (Å²) in [5, 5.41) is 4.69. The van der Waals surface area contributed by atoms with Crippen molar-refractivity contribution in [2.24, 2.45) is 0 Å². The van der Waals surface area contributed by atoms with Crippen LogP contribution in [0.15, 0.2) is 186 Å². The van der Waals surface area contributed by atoms with E-state index in [1.807, 2.05) is 60.7 Å². The van der Waals surface area contributed by atoms with Gasteiger partial charge in [0.25, 0.3) is 0 Å². The minimum absolute atomic E-state index is 0.628. The van der Waals surface area contributed by atoms with Crippen LogP contribution in [0.3, 0.4) is 0 Å². The molecular formula is C51H34N4O. The summed E-state index contributed by atoms with van der Waals surface area (Å²) >= 11 is 0. The first-order valence-electron chi connectivity index (χ1n) is 19.1. The molecule has 0 N–H and O–H groups in total. The molecule has 1 aliphatic carbocycles. The molecule has 3 aromatic heterocycles. The molecule has 1 aliphatic rings. The van der Waals surface area contributed by atoms with Crippen molar-refractivity contribution in [1.82, 2.24) is 19.5 Å². The molecule has 56 heavy (non-hydrogen) atoms. The summed E-state index contributed by atoms with van der Waals surface area (Å²) in [7, 11) is 0. The van der Waals surface area contributed by atoms with Crippen LogP contribution in [-0.4, -0.2) is 19.5 Å². The third-order valence-corrected chi connectivity index (χ3v) is 10.9. The number of hydrogen-bond donors (Lipinski definition) is 0. The Morgan fingerprint density at radius 3 is 1.57 bits per heavy atom. The maximum absolute atomic E-state index is 6.91. The van der Waals surface area contributed by atoms with E-state index < -0.39 is 0 Å². The molecule has 0 amide bonds. The normalized spacial score (nSPS) is 12.9. The van der Waals surface area contributed by atoms with Gasteiger partial charge in [-0.3, -0.25) is 0 Å². The highest BCUT2D eigenvalue weighted by Crippen LogP contribution is 2.42. The summed E-state index contributed by atoms with van der Waals surface area (Å²) in [6.07, 6.45) is 8.75. The van der Waals surface area contributed by atoms with Crippen LogP contribution in [0.2, 0.25) is 0 Å². The smallest absolute Gasteiger partial charge is 0.164 e. The Morgan fingerprint density at radius 1 is 0.429 bits per heavy atom. The Hall–Kier alpha value is -7.37. The minimum Gasteiger partial charge on any atom is -0.455 e. The summed E-state index contributed by atoms with van der Waals surface area (Å²) in [6, 6.07) is 57.1. The van der Waals surface area contributed by atoms with E-state index in [4.69, 9.17) is 19.4 Å². The summed E-state index contributed by atoms with van der Waals surface area (Å²) in [5.74, 6) is 1.92. The number of para-hydroxylation sites is 3. The van der Waals surface area contributed by atoms with E-state index in [-0.39, 0.29) is 0 Å². The first-order chi connectivity index (χ1) is 27.8. The average molecular weight is 719 g/mol. The van der Waals surface area contributed by atoms with Gasteiger partial charge < -0.3 is 8.98 Å². The quantitative estimate of drug-likeness (QED) is 0.172. The first-order valence-corrected chi connectivity index (χ1v) is 19.1. The Bertz CT molecular complexity index is 3110. The van der Waals surface area contributed by atoms with Crippen molar-refractivity contribution in [2.75, 3.05) is 0 Å². The molecule has 264 valence electrons. The standard InChI is InChI=1S/C51H34N4O/c1-4-14-34(15-5-1)49-52-50(35-16-6-2-7-17-35)54-51(53-49)36-28-26-33(27-29-36)39-21-12-23-42-43-24-13-22-40(48(43)56-47(39)42)37-30-31-46-44(32-37)41-20-10-11-25-45(41)55(46)38-18-8-3-9-19-38/h1-8,10-18,20-32H,9,19H2. The second-order valence-electron chi connectivity index (χ2n) is 14.3. The van der Waals surface area contributed by atoms with Crippen molar-refractivity contribution in [1.29, 1.82) is 0 Å². The van der Waals surface area contributed by atoms with Crippen molar-refractivity contribution in [3.63, 3.8) is 0 Å². The molecule has 0 bridgehead atoms. The number of aromatic nitrogens is 4. The Kier molecular flexibility index (Phi) is 7.56. The number of furan rings is 1. The zero-order valence-corrected chi connectivity index (χ0v) is 30.4. The number of nitrogens with zero attached hydrogens (tertiary/aromatic N) is 4. The largest absolute Gasteiger partial charge is 0.455 e. The number of benzene rings is 7. The molecule has 0 radical (unpaired) electrons. The fourth-order valence-electron chi connectivity index (χ4n) is 8.24. The van der Waals surface area contributed by atoms with E-state index in [0.29, 0.717) is 17.5 Å². The lowest BCUT2D eigenvalue weighted by atomic mass is 9.99. The van der Waals surface area contributed by atoms with E-state index in [1.165, 1.54) is 27.5 Å². The van der Waals surface area contributed by atoms with Crippen LogP contribution in [0.1, 0.15) is 12.8 Å². The summed E-state index contributed by atoms with van der Waals surface area (Å²) < 4.78 is 9.35. The van der Waals surface area contributed by atoms with Crippen molar-refractivity contribution < 1.29 is 4.42 Å². The topological polar surface area (TPSA) is 56.7 Å². The molecule has 0 atom stereocenters. The predicted octanol–water partition coefficient (Wildman–Crippen LogP) is 13.4. The van der Waals surface area contributed by atoms with Crippen LogP contribution in [0.4, 0.5) is 0 Å². The molecule has 0 saturated heterocycles. The summed E-state index contributed by atoms with van der Waals surface area (Å²) in [6.45, 7) is 0. The van der Waals surface area contributed by atoms with Gasteiger partial charge in [0.15, 0.2) is 17.5 Å². The average Bonchev–Trinajstić information content (AvgIpc) is 3.83. The monoisotopic (exact) mass is 718 g/mol. The fraction of sp³-hybridized carbons (Fsp3) is 0.0392. The van der Waals surface area contributed by atoms with Crippen LogP contribution >= 0.6 is 0 Å². The summed E-state index contributed by atoms with van der Waals surface area (Å²) in [4.78, 5) is 14.7. The lowest BCUT2D eigenvalue weighted by molar-refractivity contribution is 0.671. The second-order valence-corrected chi connectivity index (χ2v) is 14.3. The molecular weight excluding hydrogens is 685 g/mol. The minimum atomic E-state index is 0.628. The Labute approximate surface area is 323 Å². The third kappa shape index (κ3) is 5.36. The van der Waals surface area contributed by atoms with Crippen LogP contribution in [0.25, 0.3) is 106 Å². The molecule has 0 aliphatic heterocycles. The third-order valence-electron chi connectivity index (χ3n) is 10.9. The van der Waals surface area contributed by atoms with E-state index in [2.05, 4.69) is 126 Å². The van der Waals surface area contributed by atoms with Crippen molar-refractivity contribution in [2.45, 2.75) is 12.8 Å². The Morgan fingerprint density at radius 2 is 0.946 bits per heavy atom. The first kappa shape index (κ1) is 32.1. The van der Waals surface area contributed by atoms with Gasteiger partial charge in [-0.1, -0.05) is 158 Å². The van der Waals surface area contributed by atoms with Gasteiger partial charge >= 0.3 is 0 Å². The van der Waals surface area contributed by atoms with Crippen molar-refractivity contribution in [3.8, 4) is 56.4 Å². The molecule has 0 unspecified atom stereocenters. The molecule has 5 heteroatoms. The van der Waals surface area contributed by atoms with Crippen LogP contribution in [0, 0.1) is 0 Å². The maximum Gasteiger partial charge on any atom is 0.164 e. The van der Waals surface area contributed by atoms with E-state index >= 15 is 0 Å². The Balaban J connectivity index is 1.00. The molecule has 7 aromatic carbocycles. The second kappa shape index (κ2) is 13.2. The van der Waals surface area contributed by atoms with Crippen LogP contribution in [0.5, 0.6) is 0 Å². The summed E-state index contributed by atoms with van der Waals surface area (Å²) in [5.41, 5.74) is 12.7. The molecule has 3 heterocycles. The lowest BCUT2D eigenvalue weighted by Gasteiger charge is -2.14. The molecule has 5 nitrogen and oxygen atoms in total. The van der Waals surface area contributed by atoms with Gasteiger partial charge in [0, 0.05) is 55.1 Å². The van der Waals surface area contributed by atoms with Crippen LogP contribution < -0.4 is 0 Å². The van der Waals surface area contributed by atoms with Gasteiger partial charge in [-0.25, -0.2) is 15.0 Å². The molecule has 11 rings (SSSR count). The number of allylic oxidation sites excluding steroid dienone is 4. The van der Waals surface area contributed by atoms with E-state index in [9.17, 15) is 0 Å². The van der Waals surface area contributed by atoms with Gasteiger partial charge in [-0.2, -0.15) is 0 Å². The SMILES string of the molecule is C1=CCCC(n2c3ccccc3c3cc(-c4cccc5c4oc4c(-c6ccc(-c7nc(-c8ccccc8)nc(-c8ccccc8)n7)cc6)cccc45)ccc32)=C1. The van der Waals surface area contributed by atoms with E-state index in [0.717, 1.165) is 73.7 Å². The molecule has 0 saturated carbocycles. The molecule has 0 fully saturated rings. The van der Waals surface area contributed by atoms with Gasteiger partial charge in [0.1, 0.15) is 11.2 Å². The van der Waals surface area contributed by atoms with Gasteiger partial charge in [0.05, 0.1) is 11.0 Å². The number of fused-ring (bicyclic) bond motifs is 6. The zero-order valence-electron chi connectivity index (χ0n) is 30.4. The van der Waals surface area contributed by atoms with Gasteiger partial charge in [-0.05, 0) is 48.2 Å². The van der Waals surface area contributed by atoms with E-state index in [1.54, 1.807) is 0 Å². The molecule has 10 aromatic rings. The molecule has 0 spiro atoms. The van der Waals surface area contributed by atoms with Crippen LogP contribution in [-0.2, 0) is 0 Å². The maximum atomic E-state index is 6.91. The zero-order chi connectivity index (χ0) is 37.0. The highest BCUT2D eigenvalue weighted by Gasteiger charge is 2.19. The lowest BCUT2D eigenvalue weighted by Crippen LogP contribution is -2.00. The fourth-order valence-corrected chi connectivity index (χ4v) is 8.24. The van der Waals surface area contributed by atoms with Gasteiger partial charge in [-0.15, -0.1) is 0 Å². The highest BCUT2D eigenvalue weighted by molar-refractivity contribution is 6.15. The van der Waals surface area contributed by atoms with Gasteiger partial charge in [0.2, 0.25) is 0 Å². The highest BCUT2D eigenvalue weighted by atomic mass is 16.3. The van der Waals surface area contributed by atoms with Crippen molar-refractivity contribution in [3.05, 3.63) is 182 Å².